The standard InChI is InChI=1S/C15H19F3O6/c1-9(2)12-10-5-3-4-6-11(10)13(20-7-15(16,17)18)23-14(12)24-22-8-21-19/h3-6,9,12-14,19H,7-8H2,1-2H3. The summed E-state index contributed by atoms with van der Waals surface area (Å²) in [6, 6.07) is 6.90. The topological polar surface area (TPSA) is 66.4 Å². The fourth-order valence-corrected chi connectivity index (χ4v) is 2.63. The van der Waals surface area contributed by atoms with Crippen molar-refractivity contribution in [2.75, 3.05) is 13.4 Å². The number of hydrogen-bond donors (Lipinski definition) is 1. The first-order valence-electron chi connectivity index (χ1n) is 7.30. The highest BCUT2D eigenvalue weighted by Crippen LogP contribution is 2.43. The van der Waals surface area contributed by atoms with Crippen LogP contribution in [0.3, 0.4) is 0 Å². The smallest absolute Gasteiger partial charge is 0.339 e. The van der Waals surface area contributed by atoms with E-state index in [1.165, 1.54) is 0 Å². The van der Waals surface area contributed by atoms with Crippen molar-refractivity contribution in [2.24, 2.45) is 5.92 Å². The van der Waals surface area contributed by atoms with E-state index in [1.807, 2.05) is 13.8 Å². The van der Waals surface area contributed by atoms with Crippen LogP contribution in [-0.4, -0.2) is 31.1 Å². The molecule has 1 aliphatic heterocycles. The molecule has 1 N–H and O–H groups in total. The van der Waals surface area contributed by atoms with Gasteiger partial charge in [0.1, 0.15) is 6.61 Å². The van der Waals surface area contributed by atoms with Gasteiger partial charge < -0.3 is 9.47 Å². The summed E-state index contributed by atoms with van der Waals surface area (Å²) >= 11 is 0. The number of ether oxygens (including phenoxy) is 2. The average molecular weight is 352 g/mol. The van der Waals surface area contributed by atoms with Crippen LogP contribution in [0.25, 0.3) is 0 Å². The molecule has 3 unspecified atom stereocenters. The van der Waals surface area contributed by atoms with E-state index >= 15 is 0 Å². The Morgan fingerprint density at radius 2 is 1.88 bits per heavy atom. The molecule has 0 saturated heterocycles. The molecule has 0 fully saturated rings. The van der Waals surface area contributed by atoms with Crippen LogP contribution in [0.2, 0.25) is 0 Å². The lowest BCUT2D eigenvalue weighted by Crippen LogP contribution is -2.37. The summed E-state index contributed by atoms with van der Waals surface area (Å²) < 4.78 is 47.8. The van der Waals surface area contributed by atoms with Gasteiger partial charge in [0, 0.05) is 11.5 Å². The highest BCUT2D eigenvalue weighted by molar-refractivity contribution is 5.34. The number of alkyl halides is 3. The molecule has 0 aliphatic carbocycles. The number of hydrogen-bond acceptors (Lipinski definition) is 6. The van der Waals surface area contributed by atoms with Gasteiger partial charge in [-0.25, -0.2) is 19.9 Å². The molecule has 24 heavy (non-hydrogen) atoms. The predicted molar refractivity (Wildman–Crippen MR) is 74.4 cm³/mol. The van der Waals surface area contributed by atoms with Crippen molar-refractivity contribution >= 4 is 0 Å². The van der Waals surface area contributed by atoms with Crippen LogP contribution in [0, 0.1) is 5.92 Å². The van der Waals surface area contributed by atoms with Crippen molar-refractivity contribution in [3.63, 3.8) is 0 Å². The van der Waals surface area contributed by atoms with Crippen molar-refractivity contribution in [2.45, 2.75) is 38.5 Å². The third-order valence-electron chi connectivity index (χ3n) is 3.54. The normalized spacial score (nSPS) is 24.2. The minimum Gasteiger partial charge on any atom is -0.339 e. The van der Waals surface area contributed by atoms with Gasteiger partial charge in [-0.05, 0) is 11.5 Å². The fourth-order valence-electron chi connectivity index (χ4n) is 2.63. The van der Waals surface area contributed by atoms with Gasteiger partial charge in [0.05, 0.1) is 0 Å². The zero-order valence-corrected chi connectivity index (χ0v) is 13.2. The fraction of sp³-hybridized carbons (Fsp3) is 0.600. The van der Waals surface area contributed by atoms with Crippen LogP contribution < -0.4 is 0 Å². The molecule has 0 aromatic heterocycles. The van der Waals surface area contributed by atoms with Crippen LogP contribution in [0.4, 0.5) is 13.2 Å². The Morgan fingerprint density at radius 3 is 2.46 bits per heavy atom. The molecular weight excluding hydrogens is 333 g/mol. The van der Waals surface area contributed by atoms with Crippen molar-refractivity contribution < 1.29 is 42.6 Å². The van der Waals surface area contributed by atoms with Gasteiger partial charge in [-0.15, -0.1) is 0 Å². The maximum atomic E-state index is 12.5. The Bertz CT molecular complexity index is 522. The molecule has 6 nitrogen and oxygen atoms in total. The van der Waals surface area contributed by atoms with Crippen molar-refractivity contribution in [3.05, 3.63) is 35.4 Å². The monoisotopic (exact) mass is 352 g/mol. The van der Waals surface area contributed by atoms with Gasteiger partial charge in [-0.3, -0.25) is 0 Å². The molecule has 1 aromatic carbocycles. The molecule has 136 valence electrons. The van der Waals surface area contributed by atoms with Gasteiger partial charge >= 0.3 is 6.18 Å². The molecule has 0 saturated carbocycles. The molecule has 0 spiro atoms. The second-order valence-corrected chi connectivity index (χ2v) is 5.62. The van der Waals surface area contributed by atoms with Crippen molar-refractivity contribution in [3.8, 4) is 0 Å². The lowest BCUT2D eigenvalue weighted by Gasteiger charge is -2.38. The lowest BCUT2D eigenvalue weighted by atomic mass is 9.83. The second kappa shape index (κ2) is 8.24. The van der Waals surface area contributed by atoms with E-state index in [0.717, 1.165) is 5.56 Å². The van der Waals surface area contributed by atoms with Crippen LogP contribution in [0.5, 0.6) is 0 Å². The van der Waals surface area contributed by atoms with E-state index in [9.17, 15) is 13.2 Å². The second-order valence-electron chi connectivity index (χ2n) is 5.62. The molecule has 1 heterocycles. The summed E-state index contributed by atoms with van der Waals surface area (Å²) in [5.41, 5.74) is 1.27. The van der Waals surface area contributed by atoms with Gasteiger partial charge in [0.25, 0.3) is 0 Å². The molecule has 0 amide bonds. The maximum Gasteiger partial charge on any atom is 0.411 e. The van der Waals surface area contributed by atoms with Crippen LogP contribution in [0.15, 0.2) is 24.3 Å². The summed E-state index contributed by atoms with van der Waals surface area (Å²) in [4.78, 5) is 13.4. The summed E-state index contributed by atoms with van der Waals surface area (Å²) in [5, 5.41) is 8.26. The molecular formula is C15H19F3O6. The Labute approximate surface area is 136 Å². The van der Waals surface area contributed by atoms with Crippen LogP contribution in [0.1, 0.15) is 37.2 Å². The number of rotatable bonds is 7. The minimum atomic E-state index is -4.48. The van der Waals surface area contributed by atoms with Crippen molar-refractivity contribution in [1.82, 2.24) is 0 Å². The zero-order chi connectivity index (χ0) is 17.7. The highest BCUT2D eigenvalue weighted by atomic mass is 19.4. The predicted octanol–water partition coefficient (Wildman–Crippen LogP) is 3.76. The molecule has 9 heteroatoms. The highest BCUT2D eigenvalue weighted by Gasteiger charge is 2.41. The third kappa shape index (κ3) is 4.88. The molecule has 1 aromatic rings. The van der Waals surface area contributed by atoms with E-state index in [1.54, 1.807) is 24.3 Å². The third-order valence-corrected chi connectivity index (χ3v) is 3.54. The summed E-state index contributed by atoms with van der Waals surface area (Å²) in [6.45, 7) is 1.81. The first-order chi connectivity index (χ1) is 11.3. The van der Waals surface area contributed by atoms with E-state index < -0.39 is 32.2 Å². The Balaban J connectivity index is 2.24. The minimum absolute atomic E-state index is 0.0401. The van der Waals surface area contributed by atoms with Gasteiger partial charge in [0.15, 0.2) is 6.29 Å². The van der Waals surface area contributed by atoms with Gasteiger partial charge in [-0.2, -0.15) is 13.2 Å². The Kier molecular flexibility index (Phi) is 6.55. The largest absolute Gasteiger partial charge is 0.411 e. The lowest BCUT2D eigenvalue weighted by molar-refractivity contribution is -0.461. The van der Waals surface area contributed by atoms with Gasteiger partial charge in [0.2, 0.25) is 13.1 Å². The zero-order valence-electron chi connectivity index (χ0n) is 13.2. The number of benzene rings is 1. The first kappa shape index (κ1) is 19.1. The molecule has 0 bridgehead atoms. The van der Waals surface area contributed by atoms with E-state index in [4.69, 9.17) is 19.6 Å². The molecule has 2 rings (SSSR count). The van der Waals surface area contributed by atoms with Crippen molar-refractivity contribution in [1.29, 1.82) is 0 Å². The summed E-state index contributed by atoms with van der Waals surface area (Å²) in [7, 11) is 0. The quantitative estimate of drug-likeness (QED) is 0.349. The SMILES string of the molecule is CC(C)C1c2ccccc2C(OCC(F)(F)F)OC1OOCOO. The maximum absolute atomic E-state index is 12.5. The number of halogens is 3. The first-order valence-corrected chi connectivity index (χ1v) is 7.30. The van der Waals surface area contributed by atoms with E-state index in [2.05, 4.69) is 9.78 Å². The van der Waals surface area contributed by atoms with Crippen LogP contribution in [-0.2, 0) is 24.1 Å². The Morgan fingerprint density at radius 1 is 1.21 bits per heavy atom. The van der Waals surface area contributed by atoms with Gasteiger partial charge in [-0.1, -0.05) is 38.1 Å². The molecule has 1 aliphatic rings. The summed E-state index contributed by atoms with van der Waals surface area (Å²) in [5.74, 6) is -0.260. The average Bonchev–Trinajstić information content (AvgIpc) is 2.51. The number of fused-ring (bicyclic) bond motifs is 1. The van der Waals surface area contributed by atoms with Crippen LogP contribution >= 0.6 is 0 Å². The Hall–Kier alpha value is -1.23. The summed E-state index contributed by atoms with van der Waals surface area (Å²) in [6.07, 6.45) is -6.75. The van der Waals surface area contributed by atoms with E-state index in [-0.39, 0.29) is 11.8 Å². The van der Waals surface area contributed by atoms with E-state index in [0.29, 0.717) is 5.56 Å². The molecule has 0 radical (unpaired) electrons. The molecule has 3 atom stereocenters.